The van der Waals surface area contributed by atoms with Crippen molar-refractivity contribution in [3.8, 4) is 5.75 Å². The number of halogens is 1. The van der Waals surface area contributed by atoms with Gasteiger partial charge in [-0.2, -0.15) is 0 Å². The van der Waals surface area contributed by atoms with Crippen LogP contribution in [0.4, 0.5) is 0 Å². The number of rotatable bonds is 12. The van der Waals surface area contributed by atoms with Gasteiger partial charge in [0.25, 0.3) is 5.91 Å². The first-order valence-electron chi connectivity index (χ1n) is 12.0. The van der Waals surface area contributed by atoms with Crippen LogP contribution in [-0.4, -0.2) is 35.9 Å². The molecule has 0 unspecified atom stereocenters. The van der Waals surface area contributed by atoms with Crippen molar-refractivity contribution in [2.45, 2.75) is 45.7 Å². The fourth-order valence-electron chi connectivity index (χ4n) is 3.78. The summed E-state index contributed by atoms with van der Waals surface area (Å²) in [4.78, 5) is 28.6. The van der Waals surface area contributed by atoms with Gasteiger partial charge in [0.05, 0.1) is 0 Å². The quantitative estimate of drug-likeness (QED) is 0.302. The third-order valence-corrected chi connectivity index (χ3v) is 6.68. The Balaban J connectivity index is 1.86. The summed E-state index contributed by atoms with van der Waals surface area (Å²) in [6.45, 7) is 4.81. The van der Waals surface area contributed by atoms with Crippen LogP contribution in [0.1, 0.15) is 36.5 Å². The molecule has 1 atom stereocenters. The summed E-state index contributed by atoms with van der Waals surface area (Å²) in [6, 6.07) is 24.5. The van der Waals surface area contributed by atoms with Crippen molar-refractivity contribution >= 4 is 27.7 Å². The van der Waals surface area contributed by atoms with E-state index in [9.17, 15) is 9.59 Å². The number of hydrogen-bond acceptors (Lipinski definition) is 3. The van der Waals surface area contributed by atoms with E-state index in [1.165, 1.54) is 0 Å². The molecule has 5 nitrogen and oxygen atoms in total. The topological polar surface area (TPSA) is 58.6 Å². The van der Waals surface area contributed by atoms with Gasteiger partial charge >= 0.3 is 0 Å². The fourth-order valence-corrected chi connectivity index (χ4v) is 4.02. The lowest BCUT2D eigenvalue weighted by atomic mass is 10.0. The van der Waals surface area contributed by atoms with Gasteiger partial charge in [0, 0.05) is 24.0 Å². The molecule has 1 N–H and O–H groups in total. The lowest BCUT2D eigenvalue weighted by molar-refractivity contribution is -0.142. The van der Waals surface area contributed by atoms with E-state index in [4.69, 9.17) is 4.74 Å². The molecule has 0 heterocycles. The van der Waals surface area contributed by atoms with E-state index >= 15 is 0 Å². The monoisotopic (exact) mass is 536 g/mol. The summed E-state index contributed by atoms with van der Waals surface area (Å²) in [5.41, 5.74) is 2.98. The molecule has 0 bridgehead atoms. The highest BCUT2D eigenvalue weighted by Gasteiger charge is 2.30. The number of nitrogens with zero attached hydrogens (tertiary/aromatic N) is 1. The SMILES string of the molecule is CCCCNC(=O)[C@@H](Cc1ccccc1)N(Cc1ccccc1)C(=O)COc1ccc(Br)c(C)c1. The van der Waals surface area contributed by atoms with Gasteiger partial charge in [-0.25, -0.2) is 0 Å². The molecule has 0 radical (unpaired) electrons. The van der Waals surface area contributed by atoms with Gasteiger partial charge in [0.15, 0.2) is 6.61 Å². The zero-order chi connectivity index (χ0) is 25.0. The van der Waals surface area contributed by atoms with Gasteiger partial charge in [-0.1, -0.05) is 89.9 Å². The van der Waals surface area contributed by atoms with Crippen LogP contribution in [-0.2, 0) is 22.6 Å². The number of aryl methyl sites for hydroxylation is 1. The maximum atomic E-state index is 13.6. The molecular weight excluding hydrogens is 504 g/mol. The lowest BCUT2D eigenvalue weighted by Gasteiger charge is -2.31. The Morgan fingerprint density at radius 1 is 0.971 bits per heavy atom. The minimum Gasteiger partial charge on any atom is -0.484 e. The van der Waals surface area contributed by atoms with Gasteiger partial charge in [0.1, 0.15) is 11.8 Å². The van der Waals surface area contributed by atoms with Crippen molar-refractivity contribution in [3.05, 3.63) is 100 Å². The zero-order valence-corrected chi connectivity index (χ0v) is 22.0. The molecule has 0 spiro atoms. The van der Waals surface area contributed by atoms with E-state index in [2.05, 4.69) is 28.2 Å². The van der Waals surface area contributed by atoms with Crippen molar-refractivity contribution in [3.63, 3.8) is 0 Å². The second-order valence-electron chi connectivity index (χ2n) is 8.56. The molecule has 0 fully saturated rings. The summed E-state index contributed by atoms with van der Waals surface area (Å²) in [6.07, 6.45) is 2.30. The van der Waals surface area contributed by atoms with Crippen LogP contribution in [0.25, 0.3) is 0 Å². The predicted molar refractivity (Wildman–Crippen MR) is 143 cm³/mol. The first-order valence-corrected chi connectivity index (χ1v) is 12.8. The third-order valence-electron chi connectivity index (χ3n) is 5.79. The highest BCUT2D eigenvalue weighted by molar-refractivity contribution is 9.10. The Labute approximate surface area is 216 Å². The molecule has 0 aliphatic rings. The summed E-state index contributed by atoms with van der Waals surface area (Å²) in [7, 11) is 0. The van der Waals surface area contributed by atoms with Crippen molar-refractivity contribution in [2.75, 3.05) is 13.2 Å². The fraction of sp³-hybridized carbons (Fsp3) is 0.310. The Morgan fingerprint density at radius 2 is 1.63 bits per heavy atom. The van der Waals surface area contributed by atoms with E-state index in [1.54, 1.807) is 4.90 Å². The molecule has 0 saturated carbocycles. The van der Waals surface area contributed by atoms with E-state index in [-0.39, 0.29) is 18.4 Å². The number of carbonyl (C=O) groups is 2. The normalized spacial score (nSPS) is 11.5. The second-order valence-corrected chi connectivity index (χ2v) is 9.41. The van der Waals surface area contributed by atoms with Crippen molar-refractivity contribution in [2.24, 2.45) is 0 Å². The number of amides is 2. The molecule has 35 heavy (non-hydrogen) atoms. The van der Waals surface area contributed by atoms with E-state index < -0.39 is 6.04 Å². The van der Waals surface area contributed by atoms with Gasteiger partial charge in [-0.3, -0.25) is 9.59 Å². The summed E-state index contributed by atoms with van der Waals surface area (Å²) >= 11 is 3.49. The molecule has 3 rings (SSSR count). The van der Waals surface area contributed by atoms with Crippen molar-refractivity contribution in [1.29, 1.82) is 0 Å². The van der Waals surface area contributed by atoms with Crippen LogP contribution in [0.2, 0.25) is 0 Å². The maximum absolute atomic E-state index is 13.6. The van der Waals surface area contributed by atoms with Crippen molar-refractivity contribution in [1.82, 2.24) is 10.2 Å². The summed E-state index contributed by atoms with van der Waals surface area (Å²) in [5, 5.41) is 3.03. The number of hydrogen-bond donors (Lipinski definition) is 1. The zero-order valence-electron chi connectivity index (χ0n) is 20.4. The van der Waals surface area contributed by atoms with Crippen LogP contribution in [0.3, 0.4) is 0 Å². The van der Waals surface area contributed by atoms with E-state index in [1.807, 2.05) is 85.8 Å². The van der Waals surface area contributed by atoms with Crippen molar-refractivity contribution < 1.29 is 14.3 Å². The molecule has 0 aliphatic carbocycles. The predicted octanol–water partition coefficient (Wildman–Crippen LogP) is 5.69. The molecule has 0 saturated heterocycles. The van der Waals surface area contributed by atoms with E-state index in [0.29, 0.717) is 25.3 Å². The van der Waals surface area contributed by atoms with Gasteiger partial charge in [0.2, 0.25) is 5.91 Å². The number of benzene rings is 3. The lowest BCUT2D eigenvalue weighted by Crippen LogP contribution is -2.51. The second kappa shape index (κ2) is 13.7. The first kappa shape index (κ1) is 26.5. The standard InChI is InChI=1S/C29H33BrN2O3/c1-3-4-17-31-29(34)27(19-23-11-7-5-8-12-23)32(20-24-13-9-6-10-14-24)28(33)21-35-25-15-16-26(30)22(2)18-25/h5-16,18,27H,3-4,17,19-21H2,1-2H3,(H,31,34)/t27-/m1/s1. The molecule has 6 heteroatoms. The largest absolute Gasteiger partial charge is 0.484 e. The number of carbonyl (C=O) groups excluding carboxylic acids is 2. The molecule has 184 valence electrons. The molecule has 2 amide bonds. The highest BCUT2D eigenvalue weighted by atomic mass is 79.9. The van der Waals surface area contributed by atoms with Crippen LogP contribution < -0.4 is 10.1 Å². The smallest absolute Gasteiger partial charge is 0.261 e. The van der Waals surface area contributed by atoms with Gasteiger partial charge in [-0.05, 0) is 48.2 Å². The van der Waals surface area contributed by atoms with Crippen LogP contribution in [0.5, 0.6) is 5.75 Å². The minimum absolute atomic E-state index is 0.147. The third kappa shape index (κ3) is 8.25. The van der Waals surface area contributed by atoms with Gasteiger partial charge < -0.3 is 15.0 Å². The average Bonchev–Trinajstić information content (AvgIpc) is 2.88. The van der Waals surface area contributed by atoms with E-state index in [0.717, 1.165) is 34.0 Å². The Morgan fingerprint density at radius 3 is 2.26 bits per heavy atom. The molecule has 0 aromatic heterocycles. The molecule has 3 aromatic rings. The maximum Gasteiger partial charge on any atom is 0.261 e. The number of nitrogens with one attached hydrogen (secondary N) is 1. The number of unbranched alkanes of at least 4 members (excludes halogenated alkanes) is 1. The van der Waals surface area contributed by atoms with Crippen LogP contribution in [0.15, 0.2) is 83.3 Å². The summed E-state index contributed by atoms with van der Waals surface area (Å²) in [5.74, 6) is 0.234. The number of ether oxygens (including phenoxy) is 1. The minimum atomic E-state index is -0.655. The first-order chi connectivity index (χ1) is 17.0. The molecule has 0 aliphatic heterocycles. The summed E-state index contributed by atoms with van der Waals surface area (Å²) < 4.78 is 6.84. The van der Waals surface area contributed by atoms with Crippen LogP contribution in [0, 0.1) is 6.92 Å². The average molecular weight is 537 g/mol. The van der Waals surface area contributed by atoms with Crippen LogP contribution >= 0.6 is 15.9 Å². The Kier molecular flexibility index (Phi) is 10.4. The molecule has 3 aromatic carbocycles. The Bertz CT molecular complexity index is 1090. The van der Waals surface area contributed by atoms with Gasteiger partial charge in [-0.15, -0.1) is 0 Å². The highest BCUT2D eigenvalue weighted by Crippen LogP contribution is 2.22. The molecular formula is C29H33BrN2O3. The Hall–Kier alpha value is -3.12.